The summed E-state index contributed by atoms with van der Waals surface area (Å²) in [5.74, 6) is 0.696. The van der Waals surface area contributed by atoms with Crippen molar-refractivity contribution in [2.24, 2.45) is 0 Å². The zero-order valence-electron chi connectivity index (χ0n) is 17.0. The van der Waals surface area contributed by atoms with E-state index >= 15 is 0 Å². The molecular weight excluding hydrogens is 396 g/mol. The van der Waals surface area contributed by atoms with Crippen LogP contribution in [0.4, 0.5) is 0 Å². The van der Waals surface area contributed by atoms with Gasteiger partial charge in [-0.3, -0.25) is 0 Å². The molecule has 0 fully saturated rings. The molecule has 0 heterocycles. The summed E-state index contributed by atoms with van der Waals surface area (Å²) in [6.45, 7) is 6.99. The second kappa shape index (κ2) is 7.41. The van der Waals surface area contributed by atoms with Crippen LogP contribution in [-0.4, -0.2) is 23.9 Å². The van der Waals surface area contributed by atoms with E-state index in [0.717, 1.165) is 32.7 Å². The molecule has 0 saturated carbocycles. The summed E-state index contributed by atoms with van der Waals surface area (Å²) in [5, 5.41) is 5.48. The first-order valence-corrected chi connectivity index (χ1v) is 14.2. The van der Waals surface area contributed by atoms with Crippen LogP contribution in [0.2, 0.25) is 19.6 Å². The molecule has 1 N–H and O–H groups in total. The van der Waals surface area contributed by atoms with E-state index in [4.69, 9.17) is 4.74 Å². The van der Waals surface area contributed by atoms with E-state index in [9.17, 15) is 8.76 Å². The van der Waals surface area contributed by atoms with Crippen LogP contribution >= 0.6 is 0 Å². The molecule has 4 aromatic carbocycles. The first-order chi connectivity index (χ1) is 13.8. The highest BCUT2D eigenvalue weighted by Crippen LogP contribution is 2.43. The van der Waals surface area contributed by atoms with Crippen molar-refractivity contribution in [3.05, 3.63) is 66.7 Å². The van der Waals surface area contributed by atoms with Crippen LogP contribution in [0.1, 0.15) is 0 Å². The fourth-order valence-electron chi connectivity index (χ4n) is 3.86. The van der Waals surface area contributed by atoms with Crippen molar-refractivity contribution in [2.45, 2.75) is 24.5 Å². The largest absolute Gasteiger partial charge is 0.496 e. The molecule has 0 saturated heterocycles. The van der Waals surface area contributed by atoms with E-state index in [0.29, 0.717) is 10.6 Å². The zero-order chi connectivity index (χ0) is 20.8. The molecule has 1 unspecified atom stereocenters. The fraction of sp³-hybridized carbons (Fsp3) is 0.167. The molecule has 4 rings (SSSR count). The minimum absolute atomic E-state index is 0.392. The minimum Gasteiger partial charge on any atom is -0.496 e. The first kappa shape index (κ1) is 19.8. The molecule has 5 heteroatoms. The second-order valence-corrected chi connectivity index (χ2v) is 14.3. The van der Waals surface area contributed by atoms with E-state index in [1.807, 2.05) is 36.4 Å². The van der Waals surface area contributed by atoms with Gasteiger partial charge in [0.15, 0.2) is 11.1 Å². The highest BCUT2D eigenvalue weighted by atomic mass is 32.2. The quantitative estimate of drug-likeness (QED) is 0.335. The molecule has 148 valence electrons. The Labute approximate surface area is 174 Å². The average Bonchev–Trinajstić information content (AvgIpc) is 2.70. The fourth-order valence-corrected chi connectivity index (χ4v) is 5.60. The smallest absolute Gasteiger partial charge is 0.187 e. The van der Waals surface area contributed by atoms with Gasteiger partial charge in [-0.25, -0.2) is 4.21 Å². The third-order valence-electron chi connectivity index (χ3n) is 5.40. The molecule has 0 aliphatic heterocycles. The molecule has 0 amide bonds. The lowest BCUT2D eigenvalue weighted by molar-refractivity contribution is 0.417. The second-order valence-electron chi connectivity index (χ2n) is 8.24. The molecule has 1 atom stereocenters. The van der Waals surface area contributed by atoms with Gasteiger partial charge in [0.05, 0.1) is 20.1 Å². The number of rotatable bonds is 4. The summed E-state index contributed by atoms with van der Waals surface area (Å²) in [7, 11) is 0.179. The van der Waals surface area contributed by atoms with Gasteiger partial charge in [0, 0.05) is 11.1 Å². The Morgan fingerprint density at radius 1 is 0.828 bits per heavy atom. The molecular formula is C24H24O3SSi. The van der Waals surface area contributed by atoms with E-state index in [2.05, 4.69) is 43.9 Å². The van der Waals surface area contributed by atoms with Gasteiger partial charge in [0.25, 0.3) is 0 Å². The molecule has 4 aromatic rings. The third-order valence-corrected chi connectivity index (χ3v) is 8.16. The van der Waals surface area contributed by atoms with Crippen molar-refractivity contribution in [1.82, 2.24) is 0 Å². The summed E-state index contributed by atoms with van der Waals surface area (Å²) in [4.78, 5) is 0.392. The van der Waals surface area contributed by atoms with Crippen molar-refractivity contribution >= 4 is 45.9 Å². The van der Waals surface area contributed by atoms with Gasteiger partial charge >= 0.3 is 0 Å². The van der Waals surface area contributed by atoms with E-state index in [1.54, 1.807) is 13.2 Å². The Bertz CT molecular complexity index is 1260. The van der Waals surface area contributed by atoms with E-state index in [1.165, 1.54) is 5.19 Å². The van der Waals surface area contributed by atoms with Gasteiger partial charge in [-0.1, -0.05) is 79.4 Å². The lowest BCUT2D eigenvalue weighted by Gasteiger charge is -2.20. The van der Waals surface area contributed by atoms with Crippen LogP contribution in [0.5, 0.6) is 5.75 Å². The van der Waals surface area contributed by atoms with Crippen LogP contribution < -0.4 is 9.92 Å². The Kier molecular flexibility index (Phi) is 5.07. The number of hydrogen-bond acceptors (Lipinski definition) is 2. The summed E-state index contributed by atoms with van der Waals surface area (Å²) in [6.07, 6.45) is 0. The monoisotopic (exact) mass is 420 g/mol. The number of methoxy groups -OCH3 is 1. The van der Waals surface area contributed by atoms with Crippen molar-refractivity contribution in [1.29, 1.82) is 0 Å². The molecule has 0 aromatic heterocycles. The van der Waals surface area contributed by atoms with Crippen LogP contribution in [0, 0.1) is 0 Å². The summed E-state index contributed by atoms with van der Waals surface area (Å²) < 4.78 is 28.0. The number of fused-ring (bicyclic) bond motifs is 2. The third kappa shape index (κ3) is 3.50. The van der Waals surface area contributed by atoms with Gasteiger partial charge < -0.3 is 9.29 Å². The van der Waals surface area contributed by atoms with E-state index < -0.39 is 19.2 Å². The average molecular weight is 421 g/mol. The maximum Gasteiger partial charge on any atom is 0.187 e. The lowest BCUT2D eigenvalue weighted by atomic mass is 9.93. The molecule has 0 aliphatic carbocycles. The Balaban J connectivity index is 2.16. The van der Waals surface area contributed by atoms with Crippen LogP contribution in [0.3, 0.4) is 0 Å². The highest BCUT2D eigenvalue weighted by molar-refractivity contribution is 7.79. The molecule has 0 spiro atoms. The maximum absolute atomic E-state index is 12.2. The van der Waals surface area contributed by atoms with Crippen LogP contribution in [0.25, 0.3) is 32.7 Å². The van der Waals surface area contributed by atoms with Crippen molar-refractivity contribution in [3.63, 3.8) is 0 Å². The maximum atomic E-state index is 12.2. The molecule has 0 radical (unpaired) electrons. The van der Waals surface area contributed by atoms with E-state index in [-0.39, 0.29) is 0 Å². The van der Waals surface area contributed by atoms with Gasteiger partial charge in [0.1, 0.15) is 5.75 Å². The SMILES string of the molecule is COc1ccc2cc([Si](C)(C)C)ccc2c1-c1c(S(=O)O)ccc2ccccc12. The number of ether oxygens (including phenoxy) is 1. The topological polar surface area (TPSA) is 46.5 Å². The lowest BCUT2D eigenvalue weighted by Crippen LogP contribution is -2.37. The van der Waals surface area contributed by atoms with Crippen molar-refractivity contribution in [2.75, 3.05) is 7.11 Å². The van der Waals surface area contributed by atoms with Crippen molar-refractivity contribution < 1.29 is 13.5 Å². The van der Waals surface area contributed by atoms with Gasteiger partial charge in [-0.05, 0) is 33.7 Å². The standard InChI is InChI=1S/C24H24O3SSi/c1-27-21-13-9-17-15-18(29(2,3)4)11-12-20(17)23(21)24-19-8-6-5-7-16(19)10-14-22(24)28(25)26/h5-15H,1-4H3,(H,25,26). The molecule has 3 nitrogen and oxygen atoms in total. The number of hydrogen-bond donors (Lipinski definition) is 1. The number of benzene rings is 4. The predicted molar refractivity (Wildman–Crippen MR) is 125 cm³/mol. The van der Waals surface area contributed by atoms with Gasteiger partial charge in [-0.15, -0.1) is 0 Å². The highest BCUT2D eigenvalue weighted by Gasteiger charge is 2.22. The first-order valence-electron chi connectivity index (χ1n) is 9.55. The van der Waals surface area contributed by atoms with Gasteiger partial charge in [0.2, 0.25) is 0 Å². The minimum atomic E-state index is -2.12. The molecule has 29 heavy (non-hydrogen) atoms. The summed E-state index contributed by atoms with van der Waals surface area (Å²) in [5.41, 5.74) is 1.62. The normalized spacial score (nSPS) is 13.0. The van der Waals surface area contributed by atoms with Crippen molar-refractivity contribution in [3.8, 4) is 16.9 Å². The van der Waals surface area contributed by atoms with Gasteiger partial charge in [-0.2, -0.15) is 0 Å². The molecule has 0 aliphatic rings. The summed E-state index contributed by atoms with van der Waals surface area (Å²) in [6, 6.07) is 22.2. The van der Waals surface area contributed by atoms with Crippen LogP contribution in [-0.2, 0) is 11.1 Å². The zero-order valence-corrected chi connectivity index (χ0v) is 18.8. The molecule has 0 bridgehead atoms. The Hall–Kier alpha value is -2.47. The predicted octanol–water partition coefficient (Wildman–Crippen LogP) is 5.79. The Morgan fingerprint density at radius 3 is 2.21 bits per heavy atom. The Morgan fingerprint density at radius 2 is 1.52 bits per heavy atom. The summed E-state index contributed by atoms with van der Waals surface area (Å²) >= 11 is -2.12. The van der Waals surface area contributed by atoms with Crippen LogP contribution in [0.15, 0.2) is 71.6 Å².